The molecule has 0 aliphatic rings. The molecule has 2 aromatic rings. The SMILES string of the molecule is CCCCCCCCc1ccc(-c2ccc(OCCCCCCOC)cc2)nc1. The van der Waals surface area contributed by atoms with Gasteiger partial charge in [0.15, 0.2) is 0 Å². The van der Waals surface area contributed by atoms with Crippen molar-refractivity contribution in [3.8, 4) is 17.0 Å². The largest absolute Gasteiger partial charge is 0.494 e. The first-order valence-electron chi connectivity index (χ1n) is 11.5. The van der Waals surface area contributed by atoms with Crippen molar-refractivity contribution in [2.45, 2.75) is 77.6 Å². The van der Waals surface area contributed by atoms with Gasteiger partial charge in [0.05, 0.1) is 12.3 Å². The summed E-state index contributed by atoms with van der Waals surface area (Å²) in [5.41, 5.74) is 3.51. The van der Waals surface area contributed by atoms with Crippen LogP contribution in [-0.4, -0.2) is 25.3 Å². The molecule has 0 fully saturated rings. The molecule has 3 heteroatoms. The third-order valence-corrected chi connectivity index (χ3v) is 5.31. The van der Waals surface area contributed by atoms with Gasteiger partial charge in [-0.05, 0) is 68.0 Å². The fourth-order valence-corrected chi connectivity index (χ4v) is 3.47. The van der Waals surface area contributed by atoms with E-state index in [2.05, 4.69) is 36.2 Å². The second-order valence-electron chi connectivity index (χ2n) is 7.85. The summed E-state index contributed by atoms with van der Waals surface area (Å²) in [5, 5.41) is 0. The van der Waals surface area contributed by atoms with Crippen molar-refractivity contribution in [2.24, 2.45) is 0 Å². The highest BCUT2D eigenvalue weighted by Gasteiger charge is 2.02. The number of unbranched alkanes of at least 4 members (excludes halogenated alkanes) is 8. The Bertz CT molecular complexity index is 637. The number of ether oxygens (including phenoxy) is 2. The molecule has 0 radical (unpaired) electrons. The summed E-state index contributed by atoms with van der Waals surface area (Å²) >= 11 is 0. The third-order valence-electron chi connectivity index (χ3n) is 5.31. The summed E-state index contributed by atoms with van der Waals surface area (Å²) in [7, 11) is 1.76. The maximum Gasteiger partial charge on any atom is 0.119 e. The molecule has 0 aliphatic carbocycles. The lowest BCUT2D eigenvalue weighted by molar-refractivity contribution is 0.191. The van der Waals surface area contributed by atoms with Crippen molar-refractivity contribution in [1.29, 1.82) is 0 Å². The van der Waals surface area contributed by atoms with Gasteiger partial charge in [0.25, 0.3) is 0 Å². The monoisotopic (exact) mass is 397 g/mol. The summed E-state index contributed by atoms with van der Waals surface area (Å²) in [6.45, 7) is 3.90. The Morgan fingerprint density at radius 3 is 2.10 bits per heavy atom. The molecule has 0 saturated heterocycles. The average molecular weight is 398 g/mol. The molecule has 29 heavy (non-hydrogen) atoms. The molecule has 0 spiro atoms. The first-order valence-corrected chi connectivity index (χ1v) is 11.5. The maximum absolute atomic E-state index is 5.85. The minimum absolute atomic E-state index is 0.776. The predicted molar refractivity (Wildman–Crippen MR) is 123 cm³/mol. The standard InChI is InChI=1S/C26H39NO2/c1-3-4-5-6-7-10-13-23-14-19-26(27-22-23)24-15-17-25(18-16-24)29-21-12-9-8-11-20-28-2/h14-19,22H,3-13,20-21H2,1-2H3. The van der Waals surface area contributed by atoms with Gasteiger partial charge in [-0.1, -0.05) is 51.5 Å². The van der Waals surface area contributed by atoms with Gasteiger partial charge >= 0.3 is 0 Å². The maximum atomic E-state index is 5.85. The quantitative estimate of drug-likeness (QED) is 0.280. The number of methoxy groups -OCH3 is 1. The minimum Gasteiger partial charge on any atom is -0.494 e. The number of aromatic nitrogens is 1. The topological polar surface area (TPSA) is 31.4 Å². The van der Waals surface area contributed by atoms with Crippen molar-refractivity contribution in [1.82, 2.24) is 4.98 Å². The van der Waals surface area contributed by atoms with Gasteiger partial charge in [-0.3, -0.25) is 4.98 Å². The van der Waals surface area contributed by atoms with E-state index in [9.17, 15) is 0 Å². The van der Waals surface area contributed by atoms with Crippen molar-refractivity contribution in [3.63, 3.8) is 0 Å². The molecule has 0 amide bonds. The molecule has 0 atom stereocenters. The Labute approximate surface area is 177 Å². The normalized spacial score (nSPS) is 11.0. The van der Waals surface area contributed by atoms with E-state index in [1.807, 2.05) is 18.3 Å². The fourth-order valence-electron chi connectivity index (χ4n) is 3.47. The molecule has 160 valence electrons. The highest BCUT2D eigenvalue weighted by atomic mass is 16.5. The number of hydrogen-bond donors (Lipinski definition) is 0. The zero-order valence-electron chi connectivity index (χ0n) is 18.5. The molecule has 0 saturated carbocycles. The van der Waals surface area contributed by atoms with Crippen LogP contribution in [0.1, 0.15) is 76.7 Å². The van der Waals surface area contributed by atoms with Crippen molar-refractivity contribution >= 4 is 0 Å². The lowest BCUT2D eigenvalue weighted by atomic mass is 10.1. The molecule has 1 heterocycles. The second-order valence-corrected chi connectivity index (χ2v) is 7.85. The lowest BCUT2D eigenvalue weighted by Gasteiger charge is -2.08. The number of hydrogen-bond acceptors (Lipinski definition) is 3. The van der Waals surface area contributed by atoms with Crippen LogP contribution in [0.4, 0.5) is 0 Å². The third kappa shape index (κ3) is 9.94. The van der Waals surface area contributed by atoms with Gasteiger partial charge in [-0.2, -0.15) is 0 Å². The molecule has 0 N–H and O–H groups in total. The smallest absolute Gasteiger partial charge is 0.119 e. The number of nitrogens with zero attached hydrogens (tertiary/aromatic N) is 1. The van der Waals surface area contributed by atoms with E-state index in [0.29, 0.717) is 0 Å². The van der Waals surface area contributed by atoms with Crippen LogP contribution in [0.15, 0.2) is 42.6 Å². The molecular formula is C26H39NO2. The van der Waals surface area contributed by atoms with E-state index in [0.717, 1.165) is 49.5 Å². The van der Waals surface area contributed by atoms with Crippen LogP contribution in [0.2, 0.25) is 0 Å². The molecule has 1 aromatic carbocycles. The van der Waals surface area contributed by atoms with E-state index in [1.165, 1.54) is 56.9 Å². The van der Waals surface area contributed by atoms with Crippen LogP contribution < -0.4 is 4.74 Å². The highest BCUT2D eigenvalue weighted by Crippen LogP contribution is 2.21. The molecule has 2 rings (SSSR count). The van der Waals surface area contributed by atoms with Gasteiger partial charge in [0.1, 0.15) is 5.75 Å². The first kappa shape index (κ1) is 23.4. The van der Waals surface area contributed by atoms with Crippen LogP contribution in [0.3, 0.4) is 0 Å². The molecule has 0 unspecified atom stereocenters. The van der Waals surface area contributed by atoms with Gasteiger partial charge in [0.2, 0.25) is 0 Å². The Kier molecular flexibility index (Phi) is 12.1. The number of aryl methyl sites for hydroxylation is 1. The van der Waals surface area contributed by atoms with E-state index in [1.54, 1.807) is 7.11 Å². The van der Waals surface area contributed by atoms with E-state index < -0.39 is 0 Å². The summed E-state index contributed by atoms with van der Waals surface area (Å²) < 4.78 is 10.9. The Hall–Kier alpha value is -1.87. The summed E-state index contributed by atoms with van der Waals surface area (Å²) in [5.74, 6) is 0.935. The second kappa shape index (κ2) is 15.0. The number of pyridine rings is 1. The van der Waals surface area contributed by atoms with Crippen molar-refractivity contribution < 1.29 is 9.47 Å². The Morgan fingerprint density at radius 2 is 1.41 bits per heavy atom. The van der Waals surface area contributed by atoms with Crippen LogP contribution in [0, 0.1) is 0 Å². The van der Waals surface area contributed by atoms with Crippen molar-refractivity contribution in [2.75, 3.05) is 20.3 Å². The lowest BCUT2D eigenvalue weighted by Crippen LogP contribution is -1.98. The van der Waals surface area contributed by atoms with Crippen LogP contribution in [0.5, 0.6) is 5.75 Å². The van der Waals surface area contributed by atoms with Crippen LogP contribution >= 0.6 is 0 Å². The Balaban J connectivity index is 1.68. The van der Waals surface area contributed by atoms with Gasteiger partial charge in [0, 0.05) is 25.5 Å². The molecule has 0 aliphatic heterocycles. The predicted octanol–water partition coefficient (Wildman–Crippen LogP) is 7.24. The Morgan fingerprint density at radius 1 is 0.724 bits per heavy atom. The van der Waals surface area contributed by atoms with Gasteiger partial charge in [-0.15, -0.1) is 0 Å². The molecule has 3 nitrogen and oxygen atoms in total. The van der Waals surface area contributed by atoms with Crippen LogP contribution in [0.25, 0.3) is 11.3 Å². The average Bonchev–Trinajstić information content (AvgIpc) is 2.76. The molecular weight excluding hydrogens is 358 g/mol. The van der Waals surface area contributed by atoms with Crippen LogP contribution in [-0.2, 0) is 11.2 Å². The van der Waals surface area contributed by atoms with Crippen molar-refractivity contribution in [3.05, 3.63) is 48.2 Å². The highest BCUT2D eigenvalue weighted by molar-refractivity contribution is 5.60. The molecule has 1 aromatic heterocycles. The first-order chi connectivity index (χ1) is 14.3. The van der Waals surface area contributed by atoms with Gasteiger partial charge < -0.3 is 9.47 Å². The summed E-state index contributed by atoms with van der Waals surface area (Å²) in [4.78, 5) is 4.67. The summed E-state index contributed by atoms with van der Waals surface area (Å²) in [6, 6.07) is 12.7. The van der Waals surface area contributed by atoms with E-state index in [4.69, 9.17) is 9.47 Å². The zero-order valence-corrected chi connectivity index (χ0v) is 18.5. The minimum atomic E-state index is 0.776. The fraction of sp³-hybridized carbons (Fsp3) is 0.577. The number of benzene rings is 1. The van der Waals surface area contributed by atoms with Gasteiger partial charge in [-0.25, -0.2) is 0 Å². The van der Waals surface area contributed by atoms with E-state index in [-0.39, 0.29) is 0 Å². The number of rotatable bonds is 16. The summed E-state index contributed by atoms with van der Waals surface area (Å²) in [6.07, 6.45) is 15.8. The molecule has 0 bridgehead atoms. The zero-order chi connectivity index (χ0) is 20.6. The van der Waals surface area contributed by atoms with E-state index >= 15 is 0 Å².